The van der Waals surface area contributed by atoms with E-state index in [4.69, 9.17) is 4.42 Å². The number of ether oxygens (including phenoxy) is 1. The van der Waals surface area contributed by atoms with E-state index >= 15 is 0 Å². The number of carbonyl (C=O) groups excluding carboxylic acids is 1. The molecular weight excluding hydrogens is 363 g/mol. The van der Waals surface area contributed by atoms with E-state index in [9.17, 15) is 18.0 Å². The van der Waals surface area contributed by atoms with Crippen molar-refractivity contribution in [3.63, 3.8) is 0 Å². The number of hydrogen-bond acceptors (Lipinski definition) is 4. The van der Waals surface area contributed by atoms with Crippen molar-refractivity contribution >= 4 is 11.9 Å². The van der Waals surface area contributed by atoms with Gasteiger partial charge < -0.3 is 19.8 Å². The van der Waals surface area contributed by atoms with Crippen molar-refractivity contribution in [2.75, 3.05) is 14.2 Å². The summed E-state index contributed by atoms with van der Waals surface area (Å²) in [4.78, 5) is 15.6. The quantitative estimate of drug-likeness (QED) is 0.471. The number of guanidine groups is 1. The van der Waals surface area contributed by atoms with Gasteiger partial charge in [0.15, 0.2) is 5.96 Å². The van der Waals surface area contributed by atoms with E-state index in [-0.39, 0.29) is 13.1 Å². The Morgan fingerprint density at radius 2 is 1.93 bits per heavy atom. The highest BCUT2D eigenvalue weighted by Crippen LogP contribution is 2.29. The normalized spacial score (nSPS) is 12.0. The van der Waals surface area contributed by atoms with Crippen molar-refractivity contribution in [3.05, 3.63) is 58.5 Å². The Morgan fingerprint density at radius 3 is 2.56 bits per heavy atom. The number of rotatable bonds is 5. The second-order valence-corrected chi connectivity index (χ2v) is 5.65. The highest BCUT2D eigenvalue weighted by Gasteiger charge is 2.30. The number of aliphatic imine (C=N–C) groups is 1. The maximum Gasteiger partial charge on any atom is 0.416 e. The van der Waals surface area contributed by atoms with Crippen molar-refractivity contribution in [1.29, 1.82) is 0 Å². The second-order valence-electron chi connectivity index (χ2n) is 5.65. The molecule has 0 bridgehead atoms. The van der Waals surface area contributed by atoms with E-state index < -0.39 is 17.7 Å². The molecule has 0 fully saturated rings. The molecule has 0 atom stereocenters. The molecule has 27 heavy (non-hydrogen) atoms. The van der Waals surface area contributed by atoms with Crippen molar-refractivity contribution in [2.24, 2.45) is 4.99 Å². The molecule has 0 aliphatic heterocycles. The van der Waals surface area contributed by atoms with Gasteiger partial charge in [0.25, 0.3) is 0 Å². The number of benzene rings is 1. The Morgan fingerprint density at radius 1 is 1.22 bits per heavy atom. The molecule has 0 saturated carbocycles. The van der Waals surface area contributed by atoms with E-state index in [1.807, 2.05) is 0 Å². The molecule has 1 aromatic heterocycles. The highest BCUT2D eigenvalue weighted by atomic mass is 19.4. The topological polar surface area (TPSA) is 75.9 Å². The van der Waals surface area contributed by atoms with Gasteiger partial charge in [-0.2, -0.15) is 13.2 Å². The molecule has 0 spiro atoms. The number of furan rings is 1. The second kappa shape index (κ2) is 8.61. The van der Waals surface area contributed by atoms with Gasteiger partial charge >= 0.3 is 12.1 Å². The third kappa shape index (κ3) is 5.50. The van der Waals surface area contributed by atoms with Gasteiger partial charge in [-0.05, 0) is 30.7 Å². The first-order chi connectivity index (χ1) is 12.7. The molecule has 9 heteroatoms. The van der Waals surface area contributed by atoms with Gasteiger partial charge in [0.2, 0.25) is 0 Å². The highest BCUT2D eigenvalue weighted by molar-refractivity contribution is 5.90. The van der Waals surface area contributed by atoms with Gasteiger partial charge in [0, 0.05) is 13.6 Å². The zero-order valence-corrected chi connectivity index (χ0v) is 15.1. The standard InChI is InChI=1S/C18H20F3N3O3/c1-11-15(16(25)26-3)8-14(27-11)10-24-17(22-2)23-9-12-5-4-6-13(7-12)18(19,20)21/h4-8H,9-10H2,1-3H3,(H2,22,23,24). The minimum atomic E-state index is -4.38. The number of alkyl halides is 3. The molecule has 0 aliphatic carbocycles. The monoisotopic (exact) mass is 383 g/mol. The minimum Gasteiger partial charge on any atom is -0.465 e. The van der Waals surface area contributed by atoms with Crippen LogP contribution in [-0.2, 0) is 24.0 Å². The zero-order valence-electron chi connectivity index (χ0n) is 15.1. The molecule has 1 heterocycles. The van der Waals surface area contributed by atoms with Crippen LogP contribution in [0.25, 0.3) is 0 Å². The van der Waals surface area contributed by atoms with Crippen LogP contribution in [-0.4, -0.2) is 26.1 Å². The summed E-state index contributed by atoms with van der Waals surface area (Å²) in [6.07, 6.45) is -4.38. The number of methoxy groups -OCH3 is 1. The lowest BCUT2D eigenvalue weighted by Gasteiger charge is -2.12. The number of nitrogens with zero attached hydrogens (tertiary/aromatic N) is 1. The first-order valence-electron chi connectivity index (χ1n) is 8.03. The molecule has 0 unspecified atom stereocenters. The first kappa shape index (κ1) is 20.3. The number of carbonyl (C=O) groups is 1. The average Bonchev–Trinajstić information content (AvgIpc) is 3.01. The maximum absolute atomic E-state index is 12.8. The molecule has 2 N–H and O–H groups in total. The van der Waals surface area contributed by atoms with Crippen LogP contribution in [0.2, 0.25) is 0 Å². The van der Waals surface area contributed by atoms with E-state index in [0.29, 0.717) is 28.6 Å². The van der Waals surface area contributed by atoms with Crippen LogP contribution in [0.1, 0.15) is 33.0 Å². The van der Waals surface area contributed by atoms with Gasteiger partial charge in [0.1, 0.15) is 17.1 Å². The summed E-state index contributed by atoms with van der Waals surface area (Å²) in [5, 5.41) is 5.90. The van der Waals surface area contributed by atoms with Gasteiger partial charge in [-0.3, -0.25) is 4.99 Å². The first-order valence-corrected chi connectivity index (χ1v) is 8.03. The van der Waals surface area contributed by atoms with E-state index in [2.05, 4.69) is 20.4 Å². The van der Waals surface area contributed by atoms with Crippen molar-refractivity contribution in [2.45, 2.75) is 26.2 Å². The third-order valence-corrected chi connectivity index (χ3v) is 3.74. The minimum absolute atomic E-state index is 0.161. The SMILES string of the molecule is CN=C(NCc1cccc(C(F)(F)F)c1)NCc1cc(C(=O)OC)c(C)o1. The Hall–Kier alpha value is -2.97. The molecule has 0 aliphatic rings. The Kier molecular flexibility index (Phi) is 6.49. The molecule has 146 valence electrons. The van der Waals surface area contributed by atoms with Gasteiger partial charge in [0.05, 0.1) is 19.2 Å². The fraction of sp³-hybridized carbons (Fsp3) is 0.333. The molecule has 6 nitrogen and oxygen atoms in total. The molecular formula is C18H20F3N3O3. The Balaban J connectivity index is 1.94. The maximum atomic E-state index is 12.8. The molecule has 0 radical (unpaired) electrons. The van der Waals surface area contributed by atoms with Crippen LogP contribution >= 0.6 is 0 Å². The fourth-order valence-corrected chi connectivity index (χ4v) is 2.38. The molecule has 0 saturated heterocycles. The predicted molar refractivity (Wildman–Crippen MR) is 93.3 cm³/mol. The summed E-state index contributed by atoms with van der Waals surface area (Å²) >= 11 is 0. The van der Waals surface area contributed by atoms with Gasteiger partial charge in [-0.1, -0.05) is 12.1 Å². The van der Waals surface area contributed by atoms with Crippen LogP contribution in [0.4, 0.5) is 13.2 Å². The Labute approximate surface area is 154 Å². The van der Waals surface area contributed by atoms with E-state index in [0.717, 1.165) is 12.1 Å². The van der Waals surface area contributed by atoms with E-state index in [1.54, 1.807) is 19.1 Å². The summed E-state index contributed by atoms with van der Waals surface area (Å²) in [7, 11) is 2.82. The Bertz CT molecular complexity index is 829. The van der Waals surface area contributed by atoms with Crippen LogP contribution in [0, 0.1) is 6.92 Å². The van der Waals surface area contributed by atoms with Crippen LogP contribution < -0.4 is 10.6 Å². The fourth-order valence-electron chi connectivity index (χ4n) is 2.38. The zero-order chi connectivity index (χ0) is 20.0. The molecule has 0 amide bonds. The molecule has 2 rings (SSSR count). The largest absolute Gasteiger partial charge is 0.465 e. The van der Waals surface area contributed by atoms with Crippen molar-refractivity contribution in [3.8, 4) is 0 Å². The number of hydrogen-bond donors (Lipinski definition) is 2. The lowest BCUT2D eigenvalue weighted by atomic mass is 10.1. The molecule has 1 aromatic carbocycles. The number of halogens is 3. The summed E-state index contributed by atoms with van der Waals surface area (Å²) in [6, 6.07) is 6.62. The molecule has 2 aromatic rings. The third-order valence-electron chi connectivity index (χ3n) is 3.74. The lowest BCUT2D eigenvalue weighted by molar-refractivity contribution is -0.137. The van der Waals surface area contributed by atoms with Gasteiger partial charge in [-0.15, -0.1) is 0 Å². The smallest absolute Gasteiger partial charge is 0.416 e. The lowest BCUT2D eigenvalue weighted by Crippen LogP contribution is -2.36. The number of aryl methyl sites for hydroxylation is 1. The summed E-state index contributed by atoms with van der Waals surface area (Å²) in [5.41, 5.74) is 0.0990. The van der Waals surface area contributed by atoms with Crippen molar-refractivity contribution < 1.29 is 27.1 Å². The van der Waals surface area contributed by atoms with E-state index in [1.165, 1.54) is 20.2 Å². The average molecular weight is 383 g/mol. The van der Waals surface area contributed by atoms with Gasteiger partial charge in [-0.25, -0.2) is 4.79 Å². The summed E-state index contributed by atoms with van der Waals surface area (Å²) in [6.45, 7) is 2.05. The number of esters is 1. The number of nitrogens with one attached hydrogen (secondary N) is 2. The summed E-state index contributed by atoms with van der Waals surface area (Å²) in [5.74, 6) is 0.816. The predicted octanol–water partition coefficient (Wildman–Crippen LogP) is 3.26. The van der Waals surface area contributed by atoms with Crippen molar-refractivity contribution in [1.82, 2.24) is 10.6 Å². The summed E-state index contributed by atoms with van der Waals surface area (Å²) < 4.78 is 48.4. The van der Waals surface area contributed by atoms with Crippen LogP contribution in [0.3, 0.4) is 0 Å². The van der Waals surface area contributed by atoms with Crippen LogP contribution in [0.5, 0.6) is 0 Å². The van der Waals surface area contributed by atoms with Crippen LogP contribution in [0.15, 0.2) is 39.7 Å².